The lowest BCUT2D eigenvalue weighted by Gasteiger charge is -2.33. The zero-order valence-corrected chi connectivity index (χ0v) is 15.9. The normalized spacial score (nSPS) is 24.6. The lowest BCUT2D eigenvalue weighted by atomic mass is 9.94. The van der Waals surface area contributed by atoms with Crippen LogP contribution in [0.2, 0.25) is 0 Å². The van der Waals surface area contributed by atoms with Crippen LogP contribution in [0.1, 0.15) is 25.3 Å². The van der Waals surface area contributed by atoms with Crippen molar-refractivity contribution in [3.63, 3.8) is 0 Å². The van der Waals surface area contributed by atoms with Gasteiger partial charge in [0.15, 0.2) is 0 Å². The van der Waals surface area contributed by atoms with Gasteiger partial charge in [0.05, 0.1) is 12.6 Å². The summed E-state index contributed by atoms with van der Waals surface area (Å²) in [5.41, 5.74) is 1.18. The molecule has 0 bridgehead atoms. The Labute approximate surface area is 156 Å². The van der Waals surface area contributed by atoms with E-state index >= 15 is 0 Å². The fraction of sp³-hybridized carbons (Fsp3) is 0.600. The second kappa shape index (κ2) is 8.64. The van der Waals surface area contributed by atoms with Crippen LogP contribution in [0.4, 0.5) is 0 Å². The molecule has 0 saturated carbocycles. The van der Waals surface area contributed by atoms with E-state index in [1.807, 2.05) is 23.1 Å². The van der Waals surface area contributed by atoms with Gasteiger partial charge < -0.3 is 15.1 Å². The molecule has 2 aliphatic heterocycles. The molecule has 2 fully saturated rings. The summed E-state index contributed by atoms with van der Waals surface area (Å²) in [7, 11) is 0. The Morgan fingerprint density at radius 1 is 1.04 bits per heavy atom. The van der Waals surface area contributed by atoms with Crippen LogP contribution in [0.15, 0.2) is 30.3 Å². The number of carbonyl (C=O) groups excluding carboxylic acids is 2. The van der Waals surface area contributed by atoms with Gasteiger partial charge in [-0.05, 0) is 12.1 Å². The molecule has 2 aliphatic rings. The summed E-state index contributed by atoms with van der Waals surface area (Å²) in [4.78, 5) is 30.9. The maximum atomic E-state index is 12.6. The maximum absolute atomic E-state index is 12.6. The van der Waals surface area contributed by atoms with Crippen molar-refractivity contribution in [2.75, 3.05) is 52.4 Å². The molecule has 26 heavy (non-hydrogen) atoms. The van der Waals surface area contributed by atoms with Crippen LogP contribution in [-0.4, -0.2) is 84.9 Å². The smallest absolute Gasteiger partial charge is 0.234 e. The number of carbonyl (C=O) groups is 2. The van der Waals surface area contributed by atoms with Crippen LogP contribution in [-0.2, 0) is 9.59 Å². The molecule has 0 unspecified atom stereocenters. The molecule has 1 N–H and O–H groups in total. The van der Waals surface area contributed by atoms with E-state index in [0.717, 1.165) is 32.7 Å². The second-order valence-electron chi connectivity index (χ2n) is 7.33. The van der Waals surface area contributed by atoms with Gasteiger partial charge in [0.1, 0.15) is 0 Å². The lowest BCUT2D eigenvalue weighted by Crippen LogP contribution is -2.51. The fourth-order valence-corrected chi connectivity index (χ4v) is 3.96. The van der Waals surface area contributed by atoms with Gasteiger partial charge in [-0.1, -0.05) is 37.3 Å². The van der Waals surface area contributed by atoms with Crippen molar-refractivity contribution < 1.29 is 9.59 Å². The lowest BCUT2D eigenvalue weighted by molar-refractivity contribution is -0.128. The minimum atomic E-state index is -0.0225. The van der Waals surface area contributed by atoms with Crippen molar-refractivity contribution in [2.45, 2.75) is 25.8 Å². The summed E-state index contributed by atoms with van der Waals surface area (Å²) >= 11 is 0. The van der Waals surface area contributed by atoms with E-state index in [1.54, 1.807) is 6.92 Å². The van der Waals surface area contributed by atoms with Crippen LogP contribution in [0.3, 0.4) is 0 Å². The minimum Gasteiger partial charge on any atom is -0.350 e. The van der Waals surface area contributed by atoms with Crippen molar-refractivity contribution in [3.8, 4) is 0 Å². The number of nitrogens with zero attached hydrogens (tertiary/aromatic N) is 3. The molecule has 6 nitrogen and oxygen atoms in total. The highest BCUT2D eigenvalue weighted by molar-refractivity contribution is 5.79. The first-order valence-electron chi connectivity index (χ1n) is 9.61. The maximum Gasteiger partial charge on any atom is 0.234 e. The van der Waals surface area contributed by atoms with E-state index in [9.17, 15) is 9.59 Å². The van der Waals surface area contributed by atoms with Gasteiger partial charge in [0.25, 0.3) is 0 Å². The standard InChI is InChI=1S/C20H30N4O2/c1-3-22-9-11-23(12-10-22)15-20(26)21-19-14-24(16(2)25)13-18(19)17-7-5-4-6-8-17/h4-8,18-19H,3,9-15H2,1-2H3,(H,21,26)/t18-,19+/m0/s1. The molecule has 2 heterocycles. The summed E-state index contributed by atoms with van der Waals surface area (Å²) in [5, 5.41) is 3.20. The molecule has 1 aromatic carbocycles. The van der Waals surface area contributed by atoms with Gasteiger partial charge in [-0.3, -0.25) is 14.5 Å². The molecule has 2 saturated heterocycles. The predicted octanol–water partition coefficient (Wildman–Crippen LogP) is 0.755. The predicted molar refractivity (Wildman–Crippen MR) is 102 cm³/mol. The van der Waals surface area contributed by atoms with Crippen molar-refractivity contribution in [1.29, 1.82) is 0 Å². The topological polar surface area (TPSA) is 55.9 Å². The SMILES string of the molecule is CCN1CCN(CC(=O)N[C@@H]2CN(C(C)=O)C[C@H]2c2ccccc2)CC1. The number of hydrogen-bond acceptors (Lipinski definition) is 4. The third-order valence-corrected chi connectivity index (χ3v) is 5.62. The zero-order chi connectivity index (χ0) is 18.5. The third kappa shape index (κ3) is 4.62. The molecular formula is C20H30N4O2. The van der Waals surface area contributed by atoms with Gasteiger partial charge in [-0.2, -0.15) is 0 Å². The Balaban J connectivity index is 1.59. The Morgan fingerprint density at radius 2 is 1.69 bits per heavy atom. The monoisotopic (exact) mass is 358 g/mol. The molecule has 6 heteroatoms. The number of likely N-dealkylation sites (N-methyl/N-ethyl adjacent to an activating group) is 1. The summed E-state index contributed by atoms with van der Waals surface area (Å²) < 4.78 is 0. The van der Waals surface area contributed by atoms with Crippen molar-refractivity contribution in [3.05, 3.63) is 35.9 Å². The Bertz CT molecular complexity index is 613. The number of likely N-dealkylation sites (tertiary alicyclic amines) is 1. The highest BCUT2D eigenvalue weighted by Crippen LogP contribution is 2.27. The van der Waals surface area contributed by atoms with E-state index in [1.165, 1.54) is 5.56 Å². The average molecular weight is 358 g/mol. The molecule has 142 valence electrons. The number of hydrogen-bond donors (Lipinski definition) is 1. The van der Waals surface area contributed by atoms with Crippen molar-refractivity contribution in [1.82, 2.24) is 20.0 Å². The number of benzene rings is 1. The highest BCUT2D eigenvalue weighted by atomic mass is 16.2. The molecule has 2 atom stereocenters. The van der Waals surface area contributed by atoms with E-state index in [-0.39, 0.29) is 23.8 Å². The highest BCUT2D eigenvalue weighted by Gasteiger charge is 2.36. The first kappa shape index (κ1) is 18.9. The zero-order valence-electron chi connectivity index (χ0n) is 15.9. The molecule has 1 aromatic rings. The first-order chi connectivity index (χ1) is 12.6. The van der Waals surface area contributed by atoms with E-state index < -0.39 is 0 Å². The number of rotatable bonds is 5. The van der Waals surface area contributed by atoms with Gasteiger partial charge in [-0.15, -0.1) is 0 Å². The molecular weight excluding hydrogens is 328 g/mol. The first-order valence-corrected chi connectivity index (χ1v) is 9.61. The van der Waals surface area contributed by atoms with Gasteiger partial charge in [-0.25, -0.2) is 0 Å². The van der Waals surface area contributed by atoms with E-state index in [0.29, 0.717) is 19.6 Å². The van der Waals surface area contributed by atoms with E-state index in [4.69, 9.17) is 0 Å². The van der Waals surface area contributed by atoms with Gasteiger partial charge >= 0.3 is 0 Å². The van der Waals surface area contributed by atoms with Crippen LogP contribution in [0, 0.1) is 0 Å². The molecule has 0 spiro atoms. The van der Waals surface area contributed by atoms with Crippen LogP contribution in [0.25, 0.3) is 0 Å². The Hall–Kier alpha value is -1.92. The minimum absolute atomic E-state index is 0.0225. The molecule has 3 rings (SSSR count). The average Bonchev–Trinajstić information content (AvgIpc) is 3.07. The quantitative estimate of drug-likeness (QED) is 0.844. The summed E-state index contributed by atoms with van der Waals surface area (Å²) in [5.74, 6) is 0.283. The molecule has 2 amide bonds. The summed E-state index contributed by atoms with van der Waals surface area (Å²) in [6, 6.07) is 10.2. The van der Waals surface area contributed by atoms with Crippen LogP contribution < -0.4 is 5.32 Å². The summed E-state index contributed by atoms with van der Waals surface area (Å²) in [6.45, 7) is 10.5. The van der Waals surface area contributed by atoms with Crippen molar-refractivity contribution >= 4 is 11.8 Å². The Morgan fingerprint density at radius 3 is 2.31 bits per heavy atom. The molecule has 0 aliphatic carbocycles. The number of amides is 2. The number of piperazine rings is 1. The van der Waals surface area contributed by atoms with Gasteiger partial charge in [0, 0.05) is 52.1 Å². The van der Waals surface area contributed by atoms with Gasteiger partial charge in [0.2, 0.25) is 11.8 Å². The molecule has 0 radical (unpaired) electrons. The Kier molecular flexibility index (Phi) is 6.27. The molecule has 0 aromatic heterocycles. The number of nitrogens with one attached hydrogen (secondary N) is 1. The second-order valence-corrected chi connectivity index (χ2v) is 7.33. The largest absolute Gasteiger partial charge is 0.350 e. The third-order valence-electron chi connectivity index (χ3n) is 5.62. The van der Waals surface area contributed by atoms with Crippen LogP contribution in [0.5, 0.6) is 0 Å². The van der Waals surface area contributed by atoms with E-state index in [2.05, 4.69) is 34.2 Å². The fourth-order valence-electron chi connectivity index (χ4n) is 3.96. The van der Waals surface area contributed by atoms with Crippen molar-refractivity contribution in [2.24, 2.45) is 0 Å². The summed E-state index contributed by atoms with van der Waals surface area (Å²) in [6.07, 6.45) is 0. The van der Waals surface area contributed by atoms with Crippen LogP contribution >= 0.6 is 0 Å².